The van der Waals surface area contributed by atoms with Crippen LogP contribution in [0.1, 0.15) is 25.7 Å². The molecule has 3 aromatic rings. The van der Waals surface area contributed by atoms with Crippen LogP contribution in [0.4, 0.5) is 21.8 Å². The SMILES string of the molecule is OC1CCC(Nc2cccc3nc(Nc4ccccc4F)nn23)CC1. The number of pyridine rings is 1. The number of aliphatic hydroxyl groups excluding tert-OH is 1. The molecule has 4 rings (SSSR count). The van der Waals surface area contributed by atoms with E-state index in [-0.39, 0.29) is 11.9 Å². The van der Waals surface area contributed by atoms with Crippen molar-refractivity contribution in [3.63, 3.8) is 0 Å². The number of hydrogen-bond acceptors (Lipinski definition) is 5. The summed E-state index contributed by atoms with van der Waals surface area (Å²) in [7, 11) is 0. The molecule has 130 valence electrons. The second-order valence-electron chi connectivity index (χ2n) is 6.37. The lowest BCUT2D eigenvalue weighted by atomic mass is 9.93. The molecule has 1 aromatic carbocycles. The number of nitrogens with one attached hydrogen (secondary N) is 2. The van der Waals surface area contributed by atoms with Gasteiger partial charge in [0.25, 0.3) is 0 Å². The number of anilines is 3. The topological polar surface area (TPSA) is 74.5 Å². The van der Waals surface area contributed by atoms with Gasteiger partial charge in [-0.1, -0.05) is 18.2 Å². The van der Waals surface area contributed by atoms with Crippen molar-refractivity contribution >= 4 is 23.1 Å². The smallest absolute Gasteiger partial charge is 0.247 e. The Morgan fingerprint density at radius 1 is 1.04 bits per heavy atom. The third kappa shape index (κ3) is 3.41. The fourth-order valence-corrected chi connectivity index (χ4v) is 3.18. The van der Waals surface area contributed by atoms with E-state index in [1.807, 2.05) is 18.2 Å². The maximum absolute atomic E-state index is 13.8. The van der Waals surface area contributed by atoms with Gasteiger partial charge in [-0.3, -0.25) is 0 Å². The van der Waals surface area contributed by atoms with Gasteiger partial charge in [-0.05, 0) is 49.9 Å². The Hall–Kier alpha value is -2.67. The number of fused-ring (bicyclic) bond motifs is 1. The number of para-hydroxylation sites is 1. The molecule has 0 atom stereocenters. The second kappa shape index (κ2) is 6.68. The van der Waals surface area contributed by atoms with Gasteiger partial charge in [-0.15, -0.1) is 5.10 Å². The number of hydrogen-bond donors (Lipinski definition) is 3. The van der Waals surface area contributed by atoms with Crippen molar-refractivity contribution < 1.29 is 9.50 Å². The quantitative estimate of drug-likeness (QED) is 0.679. The fourth-order valence-electron chi connectivity index (χ4n) is 3.18. The first kappa shape index (κ1) is 15.8. The first-order chi connectivity index (χ1) is 12.2. The molecule has 7 heteroatoms. The van der Waals surface area contributed by atoms with Crippen molar-refractivity contribution in [1.29, 1.82) is 0 Å². The molecule has 2 heterocycles. The van der Waals surface area contributed by atoms with Gasteiger partial charge in [0.2, 0.25) is 5.95 Å². The molecular weight excluding hydrogens is 321 g/mol. The second-order valence-corrected chi connectivity index (χ2v) is 6.37. The highest BCUT2D eigenvalue weighted by molar-refractivity contribution is 5.58. The zero-order valence-electron chi connectivity index (χ0n) is 13.7. The molecule has 1 aliphatic carbocycles. The first-order valence-electron chi connectivity index (χ1n) is 8.51. The molecule has 1 aliphatic rings. The number of nitrogens with zero attached hydrogens (tertiary/aromatic N) is 3. The van der Waals surface area contributed by atoms with E-state index in [2.05, 4.69) is 20.7 Å². The van der Waals surface area contributed by atoms with Crippen molar-refractivity contribution in [2.45, 2.75) is 37.8 Å². The van der Waals surface area contributed by atoms with Crippen molar-refractivity contribution in [3.8, 4) is 0 Å². The normalized spacial score (nSPS) is 20.6. The predicted molar refractivity (Wildman–Crippen MR) is 94.6 cm³/mol. The third-order valence-corrected chi connectivity index (χ3v) is 4.53. The molecule has 0 radical (unpaired) electrons. The van der Waals surface area contributed by atoms with E-state index in [0.717, 1.165) is 31.5 Å². The number of aromatic nitrogens is 3. The molecule has 0 spiro atoms. The Labute approximate surface area is 144 Å². The molecule has 25 heavy (non-hydrogen) atoms. The van der Waals surface area contributed by atoms with E-state index >= 15 is 0 Å². The van der Waals surface area contributed by atoms with Gasteiger partial charge in [-0.2, -0.15) is 9.50 Å². The summed E-state index contributed by atoms with van der Waals surface area (Å²) < 4.78 is 15.5. The van der Waals surface area contributed by atoms with Crippen molar-refractivity contribution in [2.75, 3.05) is 10.6 Å². The largest absolute Gasteiger partial charge is 0.393 e. The Kier molecular flexibility index (Phi) is 4.23. The minimum Gasteiger partial charge on any atom is -0.393 e. The summed E-state index contributed by atoms with van der Waals surface area (Å²) in [5.74, 6) is 0.840. The minimum atomic E-state index is -0.347. The van der Waals surface area contributed by atoms with Gasteiger partial charge in [0, 0.05) is 6.04 Å². The summed E-state index contributed by atoms with van der Waals surface area (Å²) in [5, 5.41) is 20.5. The van der Waals surface area contributed by atoms with Gasteiger partial charge in [-0.25, -0.2) is 4.39 Å². The average molecular weight is 341 g/mol. The predicted octanol–water partition coefficient (Wildman–Crippen LogP) is 3.33. The summed E-state index contributed by atoms with van der Waals surface area (Å²) in [6.07, 6.45) is 3.28. The van der Waals surface area contributed by atoms with Crippen LogP contribution in [-0.4, -0.2) is 31.9 Å². The molecule has 3 N–H and O–H groups in total. The lowest BCUT2D eigenvalue weighted by Crippen LogP contribution is -2.29. The van der Waals surface area contributed by atoms with Crippen LogP contribution in [0.5, 0.6) is 0 Å². The molecule has 0 aliphatic heterocycles. The number of halogens is 1. The van der Waals surface area contributed by atoms with E-state index < -0.39 is 0 Å². The molecule has 0 amide bonds. The van der Waals surface area contributed by atoms with E-state index in [1.54, 1.807) is 22.7 Å². The van der Waals surface area contributed by atoms with Crippen LogP contribution < -0.4 is 10.6 Å². The highest BCUT2D eigenvalue weighted by Gasteiger charge is 2.20. The minimum absolute atomic E-state index is 0.184. The van der Waals surface area contributed by atoms with Gasteiger partial charge in [0.1, 0.15) is 11.6 Å². The monoisotopic (exact) mass is 341 g/mol. The van der Waals surface area contributed by atoms with Gasteiger partial charge in [0.15, 0.2) is 5.65 Å². The fraction of sp³-hybridized carbons (Fsp3) is 0.333. The molecule has 0 unspecified atom stereocenters. The highest BCUT2D eigenvalue weighted by atomic mass is 19.1. The number of benzene rings is 1. The lowest BCUT2D eigenvalue weighted by Gasteiger charge is -2.26. The van der Waals surface area contributed by atoms with Crippen molar-refractivity contribution in [1.82, 2.24) is 14.6 Å². The molecule has 2 aromatic heterocycles. The van der Waals surface area contributed by atoms with E-state index in [9.17, 15) is 9.50 Å². The Balaban J connectivity index is 1.57. The van der Waals surface area contributed by atoms with Crippen LogP contribution in [0.25, 0.3) is 5.65 Å². The van der Waals surface area contributed by atoms with E-state index in [0.29, 0.717) is 23.3 Å². The van der Waals surface area contributed by atoms with Gasteiger partial charge >= 0.3 is 0 Å². The highest BCUT2D eigenvalue weighted by Crippen LogP contribution is 2.23. The maximum Gasteiger partial charge on any atom is 0.247 e. The lowest BCUT2D eigenvalue weighted by molar-refractivity contribution is 0.126. The Morgan fingerprint density at radius 2 is 1.84 bits per heavy atom. The van der Waals surface area contributed by atoms with Crippen LogP contribution >= 0.6 is 0 Å². The van der Waals surface area contributed by atoms with Crippen molar-refractivity contribution in [3.05, 3.63) is 48.3 Å². The van der Waals surface area contributed by atoms with Crippen LogP contribution in [0, 0.1) is 5.82 Å². The number of aliphatic hydroxyl groups is 1. The average Bonchev–Trinajstić information content (AvgIpc) is 3.03. The summed E-state index contributed by atoms with van der Waals surface area (Å²) in [6.45, 7) is 0. The Morgan fingerprint density at radius 3 is 2.64 bits per heavy atom. The first-order valence-corrected chi connectivity index (χ1v) is 8.51. The third-order valence-electron chi connectivity index (χ3n) is 4.53. The number of rotatable bonds is 4. The van der Waals surface area contributed by atoms with Crippen LogP contribution in [0.15, 0.2) is 42.5 Å². The maximum atomic E-state index is 13.8. The van der Waals surface area contributed by atoms with Crippen molar-refractivity contribution in [2.24, 2.45) is 0 Å². The van der Waals surface area contributed by atoms with E-state index in [4.69, 9.17) is 0 Å². The Bertz CT molecular complexity index is 873. The van der Waals surface area contributed by atoms with Crippen LogP contribution in [0.2, 0.25) is 0 Å². The summed E-state index contributed by atoms with van der Waals surface area (Å²) in [4.78, 5) is 4.41. The summed E-state index contributed by atoms with van der Waals surface area (Å²) in [6, 6.07) is 12.5. The summed E-state index contributed by atoms with van der Waals surface area (Å²) >= 11 is 0. The molecule has 0 bridgehead atoms. The standard InChI is InChI=1S/C18H20FN5O/c19-14-4-1-2-5-15(14)21-18-22-17-7-3-6-16(24(17)23-18)20-12-8-10-13(25)11-9-12/h1-7,12-13,20,25H,8-11H2,(H,21,23). The van der Waals surface area contributed by atoms with Gasteiger partial charge < -0.3 is 15.7 Å². The molecule has 1 fully saturated rings. The van der Waals surface area contributed by atoms with Gasteiger partial charge in [0.05, 0.1) is 11.8 Å². The van der Waals surface area contributed by atoms with E-state index in [1.165, 1.54) is 6.07 Å². The molecule has 1 saturated carbocycles. The molecule has 0 saturated heterocycles. The zero-order valence-corrected chi connectivity index (χ0v) is 13.7. The molecular formula is C18H20FN5O. The summed E-state index contributed by atoms with van der Waals surface area (Å²) in [5.41, 5.74) is 1.02. The molecule has 6 nitrogen and oxygen atoms in total. The van der Waals surface area contributed by atoms with Crippen LogP contribution in [0.3, 0.4) is 0 Å². The zero-order chi connectivity index (χ0) is 17.2. The van der Waals surface area contributed by atoms with Crippen LogP contribution in [-0.2, 0) is 0 Å².